The van der Waals surface area contributed by atoms with Crippen molar-refractivity contribution in [3.63, 3.8) is 0 Å². The van der Waals surface area contributed by atoms with Gasteiger partial charge in [0.25, 0.3) is 0 Å². The minimum absolute atomic E-state index is 0.0293. The molecule has 0 unspecified atom stereocenters. The Kier molecular flexibility index (Phi) is 5.16. The number of amides is 1. The molecular weight excluding hydrogens is 348 g/mol. The van der Waals surface area contributed by atoms with Gasteiger partial charge in [-0.15, -0.1) is 0 Å². The standard InChI is InChI=1S/C23H29N4O/c1-17(28)26(3)20-11-7-10-19(15-20)22-16-25(2)23-21(24-12-13-27(22)23)14-18-8-5-4-6-9-18/h7,10-13,15-16,18H,4-6,8-9,14H2,1-3H3/q+1. The summed E-state index contributed by atoms with van der Waals surface area (Å²) < 4.78 is 4.42. The van der Waals surface area contributed by atoms with Crippen molar-refractivity contribution in [1.82, 2.24) is 9.38 Å². The lowest BCUT2D eigenvalue weighted by Crippen LogP contribution is -2.28. The normalized spacial score (nSPS) is 15.1. The van der Waals surface area contributed by atoms with Crippen molar-refractivity contribution in [3.05, 3.63) is 48.5 Å². The second-order valence-electron chi connectivity index (χ2n) is 8.03. The number of carbonyl (C=O) groups is 1. The molecule has 1 aromatic carbocycles. The summed E-state index contributed by atoms with van der Waals surface area (Å²) in [5.74, 6) is 0.778. The number of hydrogen-bond acceptors (Lipinski definition) is 2. The van der Waals surface area contributed by atoms with Crippen LogP contribution in [0.3, 0.4) is 0 Å². The maximum atomic E-state index is 11.8. The summed E-state index contributed by atoms with van der Waals surface area (Å²) in [5, 5.41) is 0. The van der Waals surface area contributed by atoms with Crippen molar-refractivity contribution in [2.45, 2.75) is 45.4 Å². The molecule has 0 N–H and O–H groups in total. The zero-order valence-electron chi connectivity index (χ0n) is 17.1. The Morgan fingerprint density at radius 1 is 1.29 bits per heavy atom. The van der Waals surface area contributed by atoms with Gasteiger partial charge in [-0.2, -0.15) is 4.40 Å². The van der Waals surface area contributed by atoms with Crippen LogP contribution in [0.5, 0.6) is 0 Å². The number of aromatic nitrogens is 3. The molecule has 0 atom stereocenters. The van der Waals surface area contributed by atoms with Gasteiger partial charge < -0.3 is 4.90 Å². The Labute approximate surface area is 166 Å². The molecule has 0 aliphatic heterocycles. The van der Waals surface area contributed by atoms with Crippen LogP contribution in [0.4, 0.5) is 5.69 Å². The largest absolute Gasteiger partial charge is 0.316 e. The van der Waals surface area contributed by atoms with E-state index in [1.807, 2.05) is 31.6 Å². The average Bonchev–Trinajstić information content (AvgIpc) is 3.06. The van der Waals surface area contributed by atoms with Gasteiger partial charge in [0.05, 0.1) is 13.2 Å². The molecular formula is C23H29N4O+. The summed E-state index contributed by atoms with van der Waals surface area (Å²) in [5.41, 5.74) is 5.45. The van der Waals surface area contributed by atoms with E-state index in [0.717, 1.165) is 34.9 Å². The maximum Gasteiger partial charge on any atom is 0.308 e. The van der Waals surface area contributed by atoms with E-state index in [2.05, 4.69) is 34.3 Å². The fourth-order valence-electron chi connectivity index (χ4n) is 4.41. The van der Waals surface area contributed by atoms with Crippen LogP contribution in [-0.4, -0.2) is 22.3 Å². The zero-order valence-corrected chi connectivity index (χ0v) is 17.1. The Morgan fingerprint density at radius 2 is 2.07 bits per heavy atom. The van der Waals surface area contributed by atoms with Crippen LogP contribution in [0.15, 0.2) is 42.9 Å². The molecule has 1 saturated carbocycles. The number of aryl methyl sites for hydroxylation is 1. The van der Waals surface area contributed by atoms with E-state index in [9.17, 15) is 4.79 Å². The molecule has 4 rings (SSSR count). The average molecular weight is 378 g/mol. The van der Waals surface area contributed by atoms with Gasteiger partial charge in [0, 0.05) is 31.6 Å². The summed E-state index contributed by atoms with van der Waals surface area (Å²) in [6, 6.07) is 8.15. The van der Waals surface area contributed by atoms with Gasteiger partial charge in [-0.3, -0.25) is 4.79 Å². The minimum Gasteiger partial charge on any atom is -0.316 e. The van der Waals surface area contributed by atoms with Crippen LogP contribution in [0, 0.1) is 5.92 Å². The number of rotatable bonds is 4. The minimum atomic E-state index is 0.0293. The molecule has 1 amide bonds. The topological polar surface area (TPSA) is 41.5 Å². The molecule has 5 nitrogen and oxygen atoms in total. The quantitative estimate of drug-likeness (QED) is 0.647. The van der Waals surface area contributed by atoms with E-state index in [1.165, 1.54) is 37.8 Å². The molecule has 3 aromatic rings. The fourth-order valence-corrected chi connectivity index (χ4v) is 4.41. The van der Waals surface area contributed by atoms with Crippen molar-refractivity contribution >= 4 is 17.2 Å². The second-order valence-corrected chi connectivity index (χ2v) is 8.03. The molecule has 2 aromatic heterocycles. The first-order valence-corrected chi connectivity index (χ1v) is 10.2. The Balaban J connectivity index is 1.74. The molecule has 2 heterocycles. The van der Waals surface area contributed by atoms with E-state index >= 15 is 0 Å². The van der Waals surface area contributed by atoms with Crippen LogP contribution in [0.1, 0.15) is 44.7 Å². The van der Waals surface area contributed by atoms with E-state index in [1.54, 1.807) is 11.8 Å². The highest BCUT2D eigenvalue weighted by Crippen LogP contribution is 2.29. The Hall–Kier alpha value is -2.69. The molecule has 0 radical (unpaired) electrons. The lowest BCUT2D eigenvalue weighted by Gasteiger charge is -2.20. The highest BCUT2D eigenvalue weighted by molar-refractivity contribution is 5.91. The van der Waals surface area contributed by atoms with Crippen molar-refractivity contribution in [2.75, 3.05) is 11.9 Å². The summed E-state index contributed by atoms with van der Waals surface area (Å²) in [6.07, 6.45) is 13.9. The summed E-state index contributed by atoms with van der Waals surface area (Å²) >= 11 is 0. The van der Waals surface area contributed by atoms with Gasteiger partial charge in [-0.25, -0.2) is 9.55 Å². The van der Waals surface area contributed by atoms with Crippen molar-refractivity contribution < 1.29 is 9.36 Å². The predicted molar refractivity (Wildman–Crippen MR) is 111 cm³/mol. The highest BCUT2D eigenvalue weighted by Gasteiger charge is 2.24. The van der Waals surface area contributed by atoms with Crippen LogP contribution in [0.25, 0.3) is 16.9 Å². The number of hydrogen-bond donors (Lipinski definition) is 0. The summed E-state index contributed by atoms with van der Waals surface area (Å²) in [4.78, 5) is 18.2. The Morgan fingerprint density at radius 3 is 2.82 bits per heavy atom. The molecule has 1 aliphatic rings. The first kappa shape index (κ1) is 18.7. The lowest BCUT2D eigenvalue weighted by molar-refractivity contribution is -0.644. The predicted octanol–water partition coefficient (Wildman–Crippen LogP) is 3.93. The summed E-state index contributed by atoms with van der Waals surface area (Å²) in [6.45, 7) is 1.59. The first-order valence-electron chi connectivity index (χ1n) is 10.2. The molecule has 0 spiro atoms. The zero-order chi connectivity index (χ0) is 19.7. The molecule has 1 fully saturated rings. The summed E-state index contributed by atoms with van der Waals surface area (Å²) in [7, 11) is 3.90. The van der Waals surface area contributed by atoms with Gasteiger partial charge in [0.2, 0.25) is 5.91 Å². The van der Waals surface area contributed by atoms with E-state index in [-0.39, 0.29) is 5.91 Å². The molecule has 5 heteroatoms. The number of carbonyl (C=O) groups excluding carboxylic acids is 1. The van der Waals surface area contributed by atoms with Gasteiger partial charge in [-0.1, -0.05) is 44.2 Å². The van der Waals surface area contributed by atoms with E-state index in [0.29, 0.717) is 0 Å². The van der Waals surface area contributed by atoms with Gasteiger partial charge in [-0.05, 0) is 18.1 Å². The van der Waals surface area contributed by atoms with Crippen molar-refractivity contribution in [3.8, 4) is 11.3 Å². The van der Waals surface area contributed by atoms with Crippen LogP contribution < -0.4 is 9.47 Å². The third-order valence-electron chi connectivity index (χ3n) is 6.05. The van der Waals surface area contributed by atoms with Crippen molar-refractivity contribution in [2.24, 2.45) is 13.0 Å². The molecule has 0 bridgehead atoms. The lowest BCUT2D eigenvalue weighted by atomic mass is 9.86. The third-order valence-corrected chi connectivity index (χ3v) is 6.05. The van der Waals surface area contributed by atoms with Gasteiger partial charge in [0.1, 0.15) is 18.1 Å². The van der Waals surface area contributed by atoms with Crippen LogP contribution in [-0.2, 0) is 18.3 Å². The number of benzene rings is 1. The number of imidazole rings is 1. The SMILES string of the molecule is CC(=O)N(C)c1cccc(-c2c[n+](C)c3c(CC4CCCCC4)nccn23)c1. The second kappa shape index (κ2) is 7.74. The van der Waals surface area contributed by atoms with Crippen LogP contribution in [0.2, 0.25) is 0 Å². The van der Waals surface area contributed by atoms with Crippen molar-refractivity contribution in [1.29, 1.82) is 0 Å². The maximum absolute atomic E-state index is 11.8. The van der Waals surface area contributed by atoms with E-state index in [4.69, 9.17) is 4.98 Å². The van der Waals surface area contributed by atoms with Gasteiger partial charge >= 0.3 is 5.65 Å². The molecule has 1 aliphatic carbocycles. The van der Waals surface area contributed by atoms with Crippen LogP contribution >= 0.6 is 0 Å². The number of anilines is 1. The number of fused-ring (bicyclic) bond motifs is 1. The first-order chi connectivity index (χ1) is 13.5. The third kappa shape index (κ3) is 3.53. The molecule has 0 saturated heterocycles. The molecule has 146 valence electrons. The molecule has 28 heavy (non-hydrogen) atoms. The monoisotopic (exact) mass is 377 g/mol. The van der Waals surface area contributed by atoms with Gasteiger partial charge in [0.15, 0.2) is 5.69 Å². The number of nitrogens with zero attached hydrogens (tertiary/aromatic N) is 4. The fraction of sp³-hybridized carbons (Fsp3) is 0.435. The Bertz CT molecular complexity index is 1000. The van der Waals surface area contributed by atoms with E-state index < -0.39 is 0 Å². The highest BCUT2D eigenvalue weighted by atomic mass is 16.2. The smallest absolute Gasteiger partial charge is 0.308 e.